The van der Waals surface area contributed by atoms with Gasteiger partial charge in [-0.2, -0.15) is 0 Å². The molecular weight excluding hydrogens is 795 g/mol. The molecule has 0 saturated carbocycles. The van der Waals surface area contributed by atoms with Crippen LogP contribution in [0.5, 0.6) is 0 Å². The molecule has 0 unspecified atom stereocenters. The fourth-order valence-corrected chi connectivity index (χ4v) is 11.7. The van der Waals surface area contributed by atoms with Crippen LogP contribution in [0.25, 0.3) is 54.9 Å². The summed E-state index contributed by atoms with van der Waals surface area (Å²) >= 11 is 0. The molecule has 0 saturated heterocycles. The van der Waals surface area contributed by atoms with Gasteiger partial charge in [0.25, 0.3) is 0 Å². The largest absolute Gasteiger partial charge is 0.309 e. The third-order valence-electron chi connectivity index (χ3n) is 15.2. The van der Waals surface area contributed by atoms with Gasteiger partial charge in [-0.25, -0.2) is 0 Å². The van der Waals surface area contributed by atoms with Gasteiger partial charge in [0.15, 0.2) is 0 Å². The molecule has 2 aliphatic carbocycles. The molecule has 318 valence electrons. The SMILES string of the molecule is CC1(C)CCC(C)(C)c2cc(-c3cc4c(cc3N(c3ccc(-c5cccc6ccccc56)cc3)c3cccc5ccccc35)C(c3ccccc3)(c3ccccc3)c3ccccc3-4)ccc21. The Bertz CT molecular complexity index is 3420. The summed E-state index contributed by atoms with van der Waals surface area (Å²) in [5, 5.41) is 4.93. The first kappa shape index (κ1) is 40.1. The summed E-state index contributed by atoms with van der Waals surface area (Å²) in [4.78, 5) is 2.56. The minimum absolute atomic E-state index is 0.0485. The molecule has 12 rings (SSSR count). The molecule has 0 bridgehead atoms. The molecule has 0 radical (unpaired) electrons. The van der Waals surface area contributed by atoms with Gasteiger partial charge in [0, 0.05) is 16.6 Å². The zero-order valence-electron chi connectivity index (χ0n) is 38.2. The van der Waals surface area contributed by atoms with Crippen LogP contribution in [-0.4, -0.2) is 0 Å². The highest BCUT2D eigenvalue weighted by molar-refractivity contribution is 6.04. The third kappa shape index (κ3) is 6.21. The van der Waals surface area contributed by atoms with Gasteiger partial charge in [-0.15, -0.1) is 0 Å². The highest BCUT2D eigenvalue weighted by atomic mass is 15.1. The van der Waals surface area contributed by atoms with Crippen LogP contribution in [0.1, 0.15) is 73.9 Å². The van der Waals surface area contributed by atoms with Crippen LogP contribution in [0.3, 0.4) is 0 Å². The maximum Gasteiger partial charge on any atom is 0.0714 e. The van der Waals surface area contributed by atoms with E-state index in [4.69, 9.17) is 0 Å². The maximum atomic E-state index is 2.57. The summed E-state index contributed by atoms with van der Waals surface area (Å²) in [5.74, 6) is 0. The van der Waals surface area contributed by atoms with Crippen LogP contribution in [0, 0.1) is 0 Å². The highest BCUT2D eigenvalue weighted by Gasteiger charge is 2.47. The van der Waals surface area contributed by atoms with Gasteiger partial charge in [-0.05, 0) is 131 Å². The van der Waals surface area contributed by atoms with Crippen LogP contribution in [0.2, 0.25) is 0 Å². The molecular formula is C65H53N. The van der Waals surface area contributed by atoms with Gasteiger partial charge in [0.1, 0.15) is 0 Å². The Morgan fingerprint density at radius 2 is 0.879 bits per heavy atom. The summed E-state index contributed by atoms with van der Waals surface area (Å²) in [5.41, 5.74) is 18.5. The van der Waals surface area contributed by atoms with Crippen LogP contribution in [-0.2, 0) is 16.2 Å². The molecule has 0 heterocycles. The van der Waals surface area contributed by atoms with E-state index in [1.165, 1.54) is 94.7 Å². The third-order valence-corrected chi connectivity index (χ3v) is 15.2. The van der Waals surface area contributed by atoms with Gasteiger partial charge in [-0.3, -0.25) is 0 Å². The Morgan fingerprint density at radius 3 is 1.59 bits per heavy atom. The van der Waals surface area contributed by atoms with E-state index in [9.17, 15) is 0 Å². The number of rotatable bonds is 7. The van der Waals surface area contributed by atoms with Crippen LogP contribution >= 0.6 is 0 Å². The Kier molecular flexibility index (Phi) is 9.30. The second-order valence-corrected chi connectivity index (χ2v) is 19.9. The number of hydrogen-bond acceptors (Lipinski definition) is 1. The topological polar surface area (TPSA) is 3.24 Å². The summed E-state index contributed by atoms with van der Waals surface area (Å²) in [6, 6.07) is 84.4. The van der Waals surface area contributed by atoms with Crippen molar-refractivity contribution >= 4 is 38.6 Å². The molecule has 0 fully saturated rings. The normalized spacial score (nSPS) is 15.2. The summed E-state index contributed by atoms with van der Waals surface area (Å²) in [6.45, 7) is 9.74. The predicted octanol–water partition coefficient (Wildman–Crippen LogP) is 17.5. The van der Waals surface area contributed by atoms with Gasteiger partial charge >= 0.3 is 0 Å². The highest BCUT2D eigenvalue weighted by Crippen LogP contribution is 2.59. The fraction of sp³-hybridized carbons (Fsp3) is 0.138. The number of fused-ring (bicyclic) bond motifs is 6. The Morgan fingerprint density at radius 1 is 0.333 bits per heavy atom. The predicted molar refractivity (Wildman–Crippen MR) is 280 cm³/mol. The monoisotopic (exact) mass is 847 g/mol. The van der Waals surface area contributed by atoms with Crippen molar-refractivity contribution in [2.24, 2.45) is 0 Å². The van der Waals surface area contributed by atoms with E-state index in [2.05, 4.69) is 257 Å². The van der Waals surface area contributed by atoms with Crippen molar-refractivity contribution in [3.8, 4) is 33.4 Å². The quantitative estimate of drug-likeness (QED) is 0.154. The van der Waals surface area contributed by atoms with Crippen molar-refractivity contribution in [1.29, 1.82) is 0 Å². The summed E-state index contributed by atoms with van der Waals surface area (Å²) in [6.07, 6.45) is 2.33. The maximum absolute atomic E-state index is 2.57. The van der Waals surface area contributed by atoms with E-state index >= 15 is 0 Å². The number of nitrogens with zero attached hydrogens (tertiary/aromatic N) is 1. The second-order valence-electron chi connectivity index (χ2n) is 19.9. The Labute approximate surface area is 389 Å². The molecule has 2 aliphatic rings. The average molecular weight is 848 g/mol. The lowest BCUT2D eigenvalue weighted by Gasteiger charge is -2.42. The average Bonchev–Trinajstić information content (AvgIpc) is 3.66. The molecule has 0 aromatic heterocycles. The van der Waals surface area contributed by atoms with E-state index < -0.39 is 5.41 Å². The minimum Gasteiger partial charge on any atom is -0.309 e. The molecule has 0 atom stereocenters. The number of benzene rings is 10. The van der Waals surface area contributed by atoms with Crippen LogP contribution in [0.15, 0.2) is 224 Å². The van der Waals surface area contributed by atoms with E-state index in [1.807, 2.05) is 0 Å². The molecule has 1 nitrogen and oxygen atoms in total. The van der Waals surface area contributed by atoms with E-state index in [0.717, 1.165) is 23.5 Å². The zero-order chi connectivity index (χ0) is 44.6. The van der Waals surface area contributed by atoms with E-state index in [-0.39, 0.29) is 10.8 Å². The lowest BCUT2D eigenvalue weighted by Crippen LogP contribution is -2.33. The van der Waals surface area contributed by atoms with E-state index in [1.54, 1.807) is 0 Å². The molecule has 0 aliphatic heterocycles. The van der Waals surface area contributed by atoms with E-state index in [0.29, 0.717) is 0 Å². The summed E-state index contributed by atoms with van der Waals surface area (Å²) < 4.78 is 0. The van der Waals surface area contributed by atoms with Gasteiger partial charge in [0.05, 0.1) is 16.8 Å². The van der Waals surface area contributed by atoms with Crippen LogP contribution < -0.4 is 4.90 Å². The zero-order valence-corrected chi connectivity index (χ0v) is 38.2. The molecule has 0 amide bonds. The first-order chi connectivity index (χ1) is 32.2. The molecule has 0 spiro atoms. The van der Waals surface area contributed by atoms with Crippen molar-refractivity contribution in [3.63, 3.8) is 0 Å². The summed E-state index contributed by atoms with van der Waals surface area (Å²) in [7, 11) is 0. The molecule has 1 heteroatoms. The fourth-order valence-electron chi connectivity index (χ4n) is 11.7. The lowest BCUT2D eigenvalue weighted by atomic mass is 9.63. The van der Waals surface area contributed by atoms with Crippen molar-refractivity contribution in [3.05, 3.63) is 258 Å². The molecule has 10 aromatic rings. The second kappa shape index (κ2) is 15.3. The number of hydrogen-bond donors (Lipinski definition) is 0. The Balaban J connectivity index is 1.19. The molecule has 10 aromatic carbocycles. The smallest absolute Gasteiger partial charge is 0.0714 e. The Hall–Kier alpha value is -7.48. The van der Waals surface area contributed by atoms with Crippen molar-refractivity contribution in [2.75, 3.05) is 4.90 Å². The standard InChI is InChI=1S/C65H53N/c1-63(2)39-40-64(3,4)60-41-47(35-38-58(60)63)55-42-56-54-29-15-16-31-57(54)65(48-23-7-5-8-24-48,49-25-9-6-10-26-49)59(56)43-62(55)66(61-32-18-22-45-20-12-14-28-53(45)61)50-36-33-46(34-37-50)52-30-17-21-44-19-11-13-27-51(44)52/h5-38,41-43H,39-40H2,1-4H3. The minimum atomic E-state index is -0.563. The first-order valence-electron chi connectivity index (χ1n) is 23.6. The van der Waals surface area contributed by atoms with Crippen molar-refractivity contribution < 1.29 is 0 Å². The molecule has 0 N–H and O–H groups in total. The van der Waals surface area contributed by atoms with Crippen molar-refractivity contribution in [2.45, 2.75) is 56.8 Å². The van der Waals surface area contributed by atoms with Crippen molar-refractivity contribution in [1.82, 2.24) is 0 Å². The lowest BCUT2D eigenvalue weighted by molar-refractivity contribution is 0.332. The molecule has 66 heavy (non-hydrogen) atoms. The number of anilines is 3. The van der Waals surface area contributed by atoms with Crippen LogP contribution in [0.4, 0.5) is 17.1 Å². The van der Waals surface area contributed by atoms with Gasteiger partial charge in [0.2, 0.25) is 0 Å². The van der Waals surface area contributed by atoms with Gasteiger partial charge in [-0.1, -0.05) is 222 Å². The van der Waals surface area contributed by atoms with Gasteiger partial charge < -0.3 is 4.90 Å². The first-order valence-corrected chi connectivity index (χ1v) is 23.6.